The van der Waals surface area contributed by atoms with Crippen LogP contribution in [0.15, 0.2) is 207 Å². The Morgan fingerprint density at radius 3 is 1.87 bits per heavy atom. The number of aliphatic imine (C=N–C) groups is 2. The highest BCUT2D eigenvalue weighted by atomic mass is 16.3. The third kappa shape index (κ3) is 5.16. The topological polar surface area (TPSA) is 51.0 Å². The lowest BCUT2D eigenvalue weighted by atomic mass is 9.96. The van der Waals surface area contributed by atoms with Crippen molar-refractivity contribution >= 4 is 71.9 Å². The van der Waals surface area contributed by atoms with E-state index in [4.69, 9.17) is 18.8 Å². The quantitative estimate of drug-likeness (QED) is 0.168. The van der Waals surface area contributed by atoms with Crippen LogP contribution in [0.2, 0.25) is 0 Å². The van der Waals surface area contributed by atoms with E-state index in [1.54, 1.807) is 0 Å². The summed E-state index contributed by atoms with van der Waals surface area (Å²) in [5, 5.41) is 6.22. The second kappa shape index (κ2) is 12.6. The van der Waals surface area contributed by atoms with E-state index in [9.17, 15) is 0 Å². The van der Waals surface area contributed by atoms with Crippen LogP contribution in [-0.2, 0) is 0 Å². The van der Waals surface area contributed by atoms with Gasteiger partial charge in [-0.3, -0.25) is 0 Å². The molecule has 256 valence electrons. The van der Waals surface area contributed by atoms with Crippen molar-refractivity contribution in [3.63, 3.8) is 0 Å². The number of rotatable bonds is 5. The predicted octanol–water partition coefficient (Wildman–Crippen LogP) is 13.4. The third-order valence-electron chi connectivity index (χ3n) is 10.5. The minimum absolute atomic E-state index is 0.571. The van der Waals surface area contributed by atoms with Crippen LogP contribution in [0.5, 0.6) is 0 Å². The summed E-state index contributed by atoms with van der Waals surface area (Å²) in [5.74, 6) is 0.571. The SMILES string of the molecule is C1=CC(c2cccc3ccc4c5ccccc5oc4c23)=NC(c2cccc3oc4cccc(-c5ccccc5)c4c23)=NC=1c1cccc(-c2ccccc2)c1. The van der Waals surface area contributed by atoms with Crippen molar-refractivity contribution in [1.82, 2.24) is 0 Å². The first-order valence-electron chi connectivity index (χ1n) is 18.4. The summed E-state index contributed by atoms with van der Waals surface area (Å²) in [6.07, 6.45) is 1.97. The number of benzene rings is 8. The van der Waals surface area contributed by atoms with Gasteiger partial charge in [-0.1, -0.05) is 151 Å². The first-order valence-corrected chi connectivity index (χ1v) is 18.4. The van der Waals surface area contributed by atoms with Crippen LogP contribution in [-0.4, -0.2) is 11.5 Å². The third-order valence-corrected chi connectivity index (χ3v) is 10.5. The second-order valence-electron chi connectivity index (χ2n) is 13.8. The fraction of sp³-hybridized carbons (Fsp3) is 0. The molecule has 4 heteroatoms. The lowest BCUT2D eigenvalue weighted by Gasteiger charge is -2.10. The molecular weight excluding hydrogens is 673 g/mol. The van der Waals surface area contributed by atoms with E-state index < -0.39 is 0 Å². The summed E-state index contributed by atoms with van der Waals surface area (Å²) in [7, 11) is 0. The summed E-state index contributed by atoms with van der Waals surface area (Å²) < 4.78 is 13.2. The van der Waals surface area contributed by atoms with Crippen LogP contribution < -0.4 is 0 Å². The van der Waals surface area contributed by atoms with Crippen molar-refractivity contribution in [2.75, 3.05) is 0 Å². The summed E-state index contributed by atoms with van der Waals surface area (Å²) in [4.78, 5) is 10.8. The lowest BCUT2D eigenvalue weighted by Crippen LogP contribution is -2.05. The highest BCUT2D eigenvalue weighted by Gasteiger charge is 2.22. The van der Waals surface area contributed by atoms with Crippen LogP contribution >= 0.6 is 0 Å². The van der Waals surface area contributed by atoms with Crippen LogP contribution in [0.3, 0.4) is 0 Å². The van der Waals surface area contributed by atoms with Crippen LogP contribution in [0.1, 0.15) is 16.7 Å². The minimum atomic E-state index is 0.571. The van der Waals surface area contributed by atoms with E-state index >= 15 is 0 Å². The van der Waals surface area contributed by atoms with Crippen LogP contribution in [0, 0.1) is 0 Å². The van der Waals surface area contributed by atoms with Gasteiger partial charge in [-0.15, -0.1) is 0 Å². The van der Waals surface area contributed by atoms with Crippen molar-refractivity contribution in [1.29, 1.82) is 0 Å². The summed E-state index contributed by atoms with van der Waals surface area (Å²) in [6.45, 7) is 0. The molecule has 0 fully saturated rings. The number of fused-ring (bicyclic) bond motifs is 8. The molecule has 2 aromatic heterocycles. The second-order valence-corrected chi connectivity index (χ2v) is 13.8. The standard InChI is InChI=1S/C51H30N2O2/c1-3-13-32(14-4-1)35-18-9-19-36(31-35)42-29-30-43(40-22-10-17-34-27-28-39-38-20-7-8-24-44(38)55-50(39)47(34)40)53-51(52-42)41-23-12-26-46-49(41)48-37(21-11-25-45(48)54-46)33-15-5-2-6-16-33/h1-28,30-31H. The zero-order valence-corrected chi connectivity index (χ0v) is 29.5. The van der Waals surface area contributed by atoms with Crippen LogP contribution in [0.4, 0.5) is 0 Å². The van der Waals surface area contributed by atoms with Gasteiger partial charge in [0.1, 0.15) is 28.0 Å². The molecule has 1 aliphatic rings. The average Bonchev–Trinajstić information content (AvgIpc) is 3.75. The molecule has 10 aromatic rings. The molecule has 0 saturated heterocycles. The first-order chi connectivity index (χ1) is 27.3. The first kappa shape index (κ1) is 31.0. The highest BCUT2D eigenvalue weighted by Crippen LogP contribution is 2.40. The number of hydrogen-bond donors (Lipinski definition) is 0. The molecular formula is C51H30N2O2. The molecule has 11 rings (SSSR count). The van der Waals surface area contributed by atoms with Gasteiger partial charge in [-0.05, 0) is 58.0 Å². The molecule has 0 unspecified atom stereocenters. The zero-order valence-electron chi connectivity index (χ0n) is 29.5. The Morgan fingerprint density at radius 2 is 1.04 bits per heavy atom. The Hall–Kier alpha value is -7.52. The maximum Gasteiger partial charge on any atom is 0.161 e. The van der Waals surface area contributed by atoms with Gasteiger partial charge in [0.15, 0.2) is 5.84 Å². The molecule has 0 amide bonds. The van der Waals surface area contributed by atoms with E-state index in [1.807, 2.05) is 48.5 Å². The Kier molecular flexibility index (Phi) is 7.09. The molecule has 8 aromatic carbocycles. The lowest BCUT2D eigenvalue weighted by molar-refractivity contribution is 0.669. The molecule has 0 atom stereocenters. The van der Waals surface area contributed by atoms with Gasteiger partial charge in [-0.25, -0.2) is 9.98 Å². The Balaban J connectivity index is 1.19. The zero-order chi connectivity index (χ0) is 36.3. The Labute approximate surface area is 316 Å². The average molecular weight is 703 g/mol. The predicted molar refractivity (Wildman–Crippen MR) is 227 cm³/mol. The summed E-state index contributed by atoms with van der Waals surface area (Å²) in [5.41, 5.74) is 15.5. The van der Waals surface area contributed by atoms with Crippen molar-refractivity contribution in [3.8, 4) is 22.3 Å². The van der Waals surface area contributed by atoms with Crippen molar-refractivity contribution in [2.45, 2.75) is 0 Å². The van der Waals surface area contributed by atoms with Gasteiger partial charge in [0.25, 0.3) is 0 Å². The van der Waals surface area contributed by atoms with E-state index in [-0.39, 0.29) is 0 Å². The molecule has 3 heterocycles. The van der Waals surface area contributed by atoms with Gasteiger partial charge in [-0.2, -0.15) is 0 Å². The number of hydrogen-bond acceptors (Lipinski definition) is 4. The molecule has 0 N–H and O–H groups in total. The van der Waals surface area contributed by atoms with E-state index in [0.717, 1.165) is 99.3 Å². The molecule has 1 aliphatic heterocycles. The van der Waals surface area contributed by atoms with Gasteiger partial charge < -0.3 is 8.83 Å². The molecule has 4 nitrogen and oxygen atoms in total. The molecule has 0 radical (unpaired) electrons. The maximum atomic E-state index is 6.60. The fourth-order valence-electron chi connectivity index (χ4n) is 8.01. The molecule has 0 saturated carbocycles. The van der Waals surface area contributed by atoms with Crippen molar-refractivity contribution in [2.24, 2.45) is 9.98 Å². The van der Waals surface area contributed by atoms with Gasteiger partial charge in [0, 0.05) is 49.7 Å². The molecule has 0 aliphatic carbocycles. The fourth-order valence-corrected chi connectivity index (χ4v) is 8.01. The Morgan fingerprint density at radius 1 is 0.400 bits per heavy atom. The van der Waals surface area contributed by atoms with Crippen LogP contribution in [0.25, 0.3) is 82.6 Å². The molecule has 0 bridgehead atoms. The monoisotopic (exact) mass is 702 g/mol. The maximum absolute atomic E-state index is 6.60. The number of allylic oxidation sites excluding steroid dienone is 1. The van der Waals surface area contributed by atoms with Crippen molar-refractivity contribution in [3.05, 3.63) is 204 Å². The highest BCUT2D eigenvalue weighted by molar-refractivity contribution is 6.30. The number of para-hydroxylation sites is 1. The van der Waals surface area contributed by atoms with Gasteiger partial charge >= 0.3 is 0 Å². The largest absolute Gasteiger partial charge is 0.456 e. The smallest absolute Gasteiger partial charge is 0.161 e. The molecule has 55 heavy (non-hydrogen) atoms. The van der Waals surface area contributed by atoms with Gasteiger partial charge in [0.05, 0.1) is 5.71 Å². The number of amidine groups is 1. The molecule has 0 spiro atoms. The van der Waals surface area contributed by atoms with E-state index in [2.05, 4.69) is 139 Å². The normalized spacial score (nSPS) is 13.1. The number of furan rings is 2. The summed E-state index contributed by atoms with van der Waals surface area (Å²) >= 11 is 0. The van der Waals surface area contributed by atoms with Gasteiger partial charge in [0.2, 0.25) is 0 Å². The van der Waals surface area contributed by atoms with E-state index in [1.165, 1.54) is 0 Å². The van der Waals surface area contributed by atoms with Crippen molar-refractivity contribution < 1.29 is 8.83 Å². The number of nitrogens with zero attached hydrogens (tertiary/aromatic N) is 2. The summed E-state index contributed by atoms with van der Waals surface area (Å²) in [6, 6.07) is 60.6. The Bertz CT molecular complexity index is 3280. The van der Waals surface area contributed by atoms with E-state index in [0.29, 0.717) is 11.5 Å². The minimum Gasteiger partial charge on any atom is -0.456 e.